The van der Waals surface area contributed by atoms with Crippen LogP contribution in [0, 0.1) is 0 Å². The van der Waals surface area contributed by atoms with Gasteiger partial charge in [-0.2, -0.15) is 13.9 Å². The Labute approximate surface area is 258 Å². The molecule has 230 valence electrons. The van der Waals surface area contributed by atoms with Gasteiger partial charge in [0, 0.05) is 17.9 Å². The van der Waals surface area contributed by atoms with Crippen LogP contribution in [0.1, 0.15) is 47.5 Å². The van der Waals surface area contributed by atoms with Crippen molar-refractivity contribution in [3.63, 3.8) is 0 Å². The highest BCUT2D eigenvalue weighted by Crippen LogP contribution is 2.29. The first kappa shape index (κ1) is 30.9. The van der Waals surface area contributed by atoms with Crippen LogP contribution in [0.4, 0.5) is 8.78 Å². The summed E-state index contributed by atoms with van der Waals surface area (Å²) in [6.45, 7) is 2.15. The van der Waals surface area contributed by atoms with Crippen LogP contribution < -0.4 is 21.1 Å². The summed E-state index contributed by atoms with van der Waals surface area (Å²) in [6.07, 6.45) is 0.869. The summed E-state index contributed by atoms with van der Waals surface area (Å²) in [4.78, 5) is 37.2. The van der Waals surface area contributed by atoms with Crippen molar-refractivity contribution >= 4 is 28.6 Å². The Hall–Kier alpha value is -5.58. The Kier molecular flexibility index (Phi) is 8.89. The van der Waals surface area contributed by atoms with E-state index in [1.165, 1.54) is 0 Å². The molecule has 3 atom stereocenters. The molecule has 0 fully saturated rings. The molecule has 0 spiro atoms. The SMILES string of the molecule is C[C@H](NC(=O)C(C)(F)F)[C@H](Oc1ccc2c(cnn2-c2cccc(C(=O)N[C@H](C(N)=O)c3ccccc3)c2)c1)c1ccccc1. The second-order valence-electron chi connectivity index (χ2n) is 10.6. The maximum absolute atomic E-state index is 13.6. The lowest BCUT2D eigenvalue weighted by atomic mass is 10.0. The lowest BCUT2D eigenvalue weighted by molar-refractivity contribution is -0.144. The van der Waals surface area contributed by atoms with Crippen LogP contribution in [0.15, 0.2) is 109 Å². The minimum Gasteiger partial charge on any atom is -0.484 e. The highest BCUT2D eigenvalue weighted by atomic mass is 19.3. The Balaban J connectivity index is 1.38. The van der Waals surface area contributed by atoms with Gasteiger partial charge in [0.25, 0.3) is 11.8 Å². The predicted molar refractivity (Wildman–Crippen MR) is 165 cm³/mol. The van der Waals surface area contributed by atoms with E-state index in [0.29, 0.717) is 46.0 Å². The standard InChI is InChI=1S/C34H31F2N5O4/c1-21(39-33(44)34(2,35)36)30(23-12-7-4-8-13-23)45-27-16-17-28-25(19-27)20-38-41(28)26-15-9-14-24(18-26)32(43)40-29(31(37)42)22-10-5-3-6-11-22/h3-21,29-30H,1-2H3,(H2,37,42)(H,39,44)(H,40,43)/t21-,29-,30-/m0/s1. The Morgan fingerprint density at radius 1 is 0.867 bits per heavy atom. The number of alkyl halides is 2. The van der Waals surface area contributed by atoms with Crippen molar-refractivity contribution in [2.75, 3.05) is 0 Å². The zero-order chi connectivity index (χ0) is 32.1. The Morgan fingerprint density at radius 3 is 2.18 bits per heavy atom. The molecule has 1 heterocycles. The molecule has 0 bridgehead atoms. The smallest absolute Gasteiger partial charge is 0.321 e. The average molecular weight is 612 g/mol. The number of ether oxygens (including phenoxy) is 1. The van der Waals surface area contributed by atoms with Crippen LogP contribution in [0.5, 0.6) is 5.75 Å². The fourth-order valence-corrected chi connectivity index (χ4v) is 4.90. The fraction of sp³-hybridized carbons (Fsp3) is 0.176. The van der Waals surface area contributed by atoms with Crippen molar-refractivity contribution in [3.8, 4) is 11.4 Å². The van der Waals surface area contributed by atoms with Crippen LogP contribution in [0.25, 0.3) is 16.6 Å². The third-order valence-corrected chi connectivity index (χ3v) is 7.19. The van der Waals surface area contributed by atoms with E-state index in [-0.39, 0.29) is 0 Å². The summed E-state index contributed by atoms with van der Waals surface area (Å²) >= 11 is 0. The van der Waals surface area contributed by atoms with Crippen LogP contribution >= 0.6 is 0 Å². The van der Waals surface area contributed by atoms with Crippen LogP contribution in [-0.4, -0.2) is 39.5 Å². The van der Waals surface area contributed by atoms with Gasteiger partial charge in [0.05, 0.1) is 23.4 Å². The molecule has 0 aliphatic rings. The number of amides is 3. The number of hydrogen-bond donors (Lipinski definition) is 3. The van der Waals surface area contributed by atoms with Gasteiger partial charge in [0.1, 0.15) is 17.9 Å². The normalized spacial score (nSPS) is 13.4. The van der Waals surface area contributed by atoms with E-state index in [2.05, 4.69) is 15.7 Å². The molecule has 0 saturated heterocycles. The number of rotatable bonds is 11. The van der Waals surface area contributed by atoms with Crippen molar-refractivity contribution in [1.29, 1.82) is 0 Å². The molecule has 45 heavy (non-hydrogen) atoms. The summed E-state index contributed by atoms with van der Waals surface area (Å²) < 4.78 is 35.1. The molecule has 0 unspecified atom stereocenters. The van der Waals surface area contributed by atoms with Gasteiger partial charge >= 0.3 is 5.92 Å². The van der Waals surface area contributed by atoms with E-state index in [1.807, 2.05) is 6.07 Å². The van der Waals surface area contributed by atoms with E-state index in [4.69, 9.17) is 10.5 Å². The molecular formula is C34H31F2N5O4. The van der Waals surface area contributed by atoms with Gasteiger partial charge in [0.2, 0.25) is 5.91 Å². The van der Waals surface area contributed by atoms with Gasteiger partial charge in [0.15, 0.2) is 0 Å². The summed E-state index contributed by atoms with van der Waals surface area (Å²) in [5.41, 5.74) is 8.45. The molecule has 9 nitrogen and oxygen atoms in total. The largest absolute Gasteiger partial charge is 0.484 e. The van der Waals surface area contributed by atoms with Gasteiger partial charge in [-0.05, 0) is 54.4 Å². The summed E-state index contributed by atoms with van der Waals surface area (Å²) in [5, 5.41) is 10.3. The zero-order valence-electron chi connectivity index (χ0n) is 24.5. The van der Waals surface area contributed by atoms with Crippen molar-refractivity contribution in [2.45, 2.75) is 38.0 Å². The van der Waals surface area contributed by atoms with Crippen LogP contribution in [0.3, 0.4) is 0 Å². The number of primary amides is 1. The number of fused-ring (bicyclic) bond motifs is 1. The first-order valence-electron chi connectivity index (χ1n) is 14.1. The summed E-state index contributed by atoms with van der Waals surface area (Å²) in [6, 6.07) is 28.0. The molecule has 4 N–H and O–H groups in total. The molecule has 3 amide bonds. The molecule has 11 heteroatoms. The summed E-state index contributed by atoms with van der Waals surface area (Å²) in [7, 11) is 0. The number of nitrogens with zero attached hydrogens (tertiary/aromatic N) is 2. The van der Waals surface area contributed by atoms with Gasteiger partial charge in [-0.3, -0.25) is 14.4 Å². The quantitative estimate of drug-likeness (QED) is 0.188. The number of hydrogen-bond acceptors (Lipinski definition) is 5. The van der Waals surface area contributed by atoms with E-state index in [1.54, 1.807) is 115 Å². The van der Waals surface area contributed by atoms with Crippen molar-refractivity contribution in [2.24, 2.45) is 5.73 Å². The number of benzene rings is 4. The first-order valence-corrected chi connectivity index (χ1v) is 14.1. The second kappa shape index (κ2) is 13.0. The van der Waals surface area contributed by atoms with Gasteiger partial charge in [-0.25, -0.2) is 4.68 Å². The summed E-state index contributed by atoms with van der Waals surface area (Å²) in [5.74, 6) is -5.65. The number of carbonyl (C=O) groups is 3. The molecule has 4 aromatic carbocycles. The van der Waals surface area contributed by atoms with Gasteiger partial charge in [-0.15, -0.1) is 0 Å². The maximum Gasteiger partial charge on any atom is 0.321 e. The minimum absolute atomic E-state index is 0.303. The number of nitrogens with two attached hydrogens (primary N) is 1. The van der Waals surface area contributed by atoms with Gasteiger partial charge in [-0.1, -0.05) is 66.7 Å². The molecule has 0 aliphatic heterocycles. The van der Waals surface area contributed by atoms with Gasteiger partial charge < -0.3 is 21.1 Å². The predicted octanol–water partition coefficient (Wildman–Crippen LogP) is 5.26. The fourth-order valence-electron chi connectivity index (χ4n) is 4.90. The minimum atomic E-state index is -3.54. The van der Waals surface area contributed by atoms with E-state index >= 15 is 0 Å². The number of nitrogens with one attached hydrogen (secondary N) is 2. The number of aromatic nitrogens is 2. The number of halogens is 2. The third kappa shape index (κ3) is 7.15. The molecule has 1 aromatic heterocycles. The lowest BCUT2D eigenvalue weighted by Crippen LogP contribution is -2.46. The van der Waals surface area contributed by atoms with E-state index < -0.39 is 41.8 Å². The maximum atomic E-state index is 13.6. The van der Waals surface area contributed by atoms with Crippen molar-refractivity contribution in [3.05, 3.63) is 126 Å². The zero-order valence-corrected chi connectivity index (χ0v) is 24.5. The molecule has 0 radical (unpaired) electrons. The average Bonchev–Trinajstić information content (AvgIpc) is 3.46. The monoisotopic (exact) mass is 611 g/mol. The second-order valence-corrected chi connectivity index (χ2v) is 10.6. The topological polar surface area (TPSA) is 128 Å². The molecular weight excluding hydrogens is 580 g/mol. The molecule has 5 aromatic rings. The lowest BCUT2D eigenvalue weighted by Gasteiger charge is -2.27. The third-order valence-electron chi connectivity index (χ3n) is 7.19. The molecule has 0 saturated carbocycles. The van der Waals surface area contributed by atoms with Crippen LogP contribution in [-0.2, 0) is 9.59 Å². The molecule has 0 aliphatic carbocycles. The Bertz CT molecular complexity index is 1820. The highest BCUT2D eigenvalue weighted by Gasteiger charge is 2.35. The Morgan fingerprint density at radius 2 is 1.53 bits per heavy atom. The first-order chi connectivity index (χ1) is 21.5. The number of carbonyl (C=O) groups excluding carboxylic acids is 3. The van der Waals surface area contributed by atoms with E-state index in [9.17, 15) is 23.2 Å². The molecule has 5 rings (SSSR count). The van der Waals surface area contributed by atoms with Crippen molar-refractivity contribution < 1.29 is 27.9 Å². The highest BCUT2D eigenvalue weighted by molar-refractivity contribution is 5.98. The van der Waals surface area contributed by atoms with Crippen LogP contribution in [0.2, 0.25) is 0 Å². The van der Waals surface area contributed by atoms with Crippen molar-refractivity contribution in [1.82, 2.24) is 20.4 Å². The van der Waals surface area contributed by atoms with E-state index in [0.717, 1.165) is 0 Å².